The molecule has 0 spiro atoms. The third-order valence-electron chi connectivity index (χ3n) is 5.56. The van der Waals surface area contributed by atoms with Crippen molar-refractivity contribution in [1.29, 1.82) is 0 Å². The van der Waals surface area contributed by atoms with Crippen LogP contribution < -0.4 is 9.47 Å². The molecule has 0 unspecified atom stereocenters. The summed E-state index contributed by atoms with van der Waals surface area (Å²) in [5.41, 5.74) is 2.80. The number of ether oxygens (including phenoxy) is 3. The molecule has 0 N–H and O–H groups in total. The lowest BCUT2D eigenvalue weighted by Gasteiger charge is -2.14. The standard InChI is InChI=1S/C29H26BrClN2O5S/c1-4-36-24-14-20(23(30)16-25(24)38-17-18-6-10-21(31)11-7-18)15-26-27(34)33(3)29(39-26)32-22-12-8-19(9-13-22)28(35)37-5-2/h6-16H,4-5,17H2,1-3H3/b26-15-,32-29?. The van der Waals surface area contributed by atoms with E-state index in [2.05, 4.69) is 20.9 Å². The van der Waals surface area contributed by atoms with Gasteiger partial charge in [-0.05, 0) is 91.3 Å². The molecule has 0 bridgehead atoms. The van der Waals surface area contributed by atoms with Crippen LogP contribution in [0, 0.1) is 0 Å². The zero-order valence-electron chi connectivity index (χ0n) is 21.6. The summed E-state index contributed by atoms with van der Waals surface area (Å²) in [6.07, 6.45) is 1.80. The van der Waals surface area contributed by atoms with Crippen molar-refractivity contribution in [1.82, 2.24) is 4.90 Å². The lowest BCUT2D eigenvalue weighted by atomic mass is 10.1. The van der Waals surface area contributed by atoms with Crippen molar-refractivity contribution in [3.63, 3.8) is 0 Å². The van der Waals surface area contributed by atoms with E-state index in [-0.39, 0.29) is 11.9 Å². The van der Waals surface area contributed by atoms with E-state index in [0.717, 1.165) is 15.6 Å². The topological polar surface area (TPSA) is 77.4 Å². The maximum Gasteiger partial charge on any atom is 0.338 e. The largest absolute Gasteiger partial charge is 0.490 e. The number of halogens is 2. The molecular weight excluding hydrogens is 604 g/mol. The lowest BCUT2D eigenvalue weighted by molar-refractivity contribution is -0.121. The predicted molar refractivity (Wildman–Crippen MR) is 159 cm³/mol. The van der Waals surface area contributed by atoms with Gasteiger partial charge in [-0.3, -0.25) is 9.69 Å². The van der Waals surface area contributed by atoms with E-state index in [1.54, 1.807) is 44.3 Å². The number of carbonyl (C=O) groups excluding carboxylic acids is 2. The van der Waals surface area contributed by atoms with Crippen molar-refractivity contribution >= 4 is 68.1 Å². The fourth-order valence-electron chi connectivity index (χ4n) is 3.57. The minimum absolute atomic E-state index is 0.171. The Morgan fingerprint density at radius 2 is 1.72 bits per heavy atom. The van der Waals surface area contributed by atoms with Gasteiger partial charge in [0.2, 0.25) is 0 Å². The van der Waals surface area contributed by atoms with Crippen LogP contribution in [-0.2, 0) is 16.1 Å². The van der Waals surface area contributed by atoms with Crippen LogP contribution in [0.3, 0.4) is 0 Å². The van der Waals surface area contributed by atoms with Crippen molar-refractivity contribution in [2.45, 2.75) is 20.5 Å². The number of amidine groups is 1. The monoisotopic (exact) mass is 628 g/mol. The number of hydrogen-bond donors (Lipinski definition) is 0. The van der Waals surface area contributed by atoms with Gasteiger partial charge in [-0.25, -0.2) is 9.79 Å². The van der Waals surface area contributed by atoms with Crippen LogP contribution in [-0.4, -0.2) is 42.2 Å². The number of benzene rings is 3. The number of nitrogens with zero attached hydrogens (tertiary/aromatic N) is 2. The Hall–Kier alpha value is -3.27. The molecule has 1 aliphatic rings. The molecule has 1 saturated heterocycles. The van der Waals surface area contributed by atoms with Crippen LogP contribution in [0.1, 0.15) is 35.3 Å². The molecule has 7 nitrogen and oxygen atoms in total. The SMILES string of the molecule is CCOC(=O)c1ccc(N=C2S/C(=C\c3cc(OCC)c(OCc4ccc(Cl)cc4)cc3Br)C(=O)N2C)cc1. The molecular formula is C29H26BrClN2O5S. The van der Waals surface area contributed by atoms with Gasteiger partial charge in [0.1, 0.15) is 6.61 Å². The zero-order valence-corrected chi connectivity index (χ0v) is 24.7. The van der Waals surface area contributed by atoms with Crippen molar-refractivity contribution in [2.75, 3.05) is 20.3 Å². The number of thioether (sulfide) groups is 1. The van der Waals surface area contributed by atoms with Crippen LogP contribution >= 0.6 is 39.3 Å². The summed E-state index contributed by atoms with van der Waals surface area (Å²) in [5.74, 6) is 0.593. The fourth-order valence-corrected chi connectivity index (χ4v) is 5.11. The number of carbonyl (C=O) groups is 2. The maximum absolute atomic E-state index is 13.0. The summed E-state index contributed by atoms with van der Waals surface area (Å²) in [6, 6.07) is 17.9. The second-order valence-corrected chi connectivity index (χ2v) is 10.6. The molecule has 1 heterocycles. The molecule has 10 heteroatoms. The Kier molecular flexibility index (Phi) is 9.72. The Balaban J connectivity index is 1.54. The summed E-state index contributed by atoms with van der Waals surface area (Å²) in [5, 5.41) is 1.19. The summed E-state index contributed by atoms with van der Waals surface area (Å²) in [4.78, 5) is 31.5. The molecule has 1 fully saturated rings. The first-order chi connectivity index (χ1) is 18.8. The first kappa shape index (κ1) is 28.7. The zero-order chi connectivity index (χ0) is 27.9. The lowest BCUT2D eigenvalue weighted by Crippen LogP contribution is -2.23. The Bertz CT molecular complexity index is 1420. The average Bonchev–Trinajstić information content (AvgIpc) is 3.18. The van der Waals surface area contributed by atoms with Gasteiger partial charge >= 0.3 is 5.97 Å². The van der Waals surface area contributed by atoms with E-state index in [9.17, 15) is 9.59 Å². The Labute approximate surface area is 244 Å². The fraction of sp³-hybridized carbons (Fsp3) is 0.207. The molecule has 3 aromatic carbocycles. The summed E-state index contributed by atoms with van der Waals surface area (Å²) in [7, 11) is 1.68. The van der Waals surface area contributed by atoms with E-state index >= 15 is 0 Å². The smallest absolute Gasteiger partial charge is 0.338 e. The van der Waals surface area contributed by atoms with Gasteiger partial charge in [0.25, 0.3) is 5.91 Å². The second-order valence-electron chi connectivity index (χ2n) is 8.31. The van der Waals surface area contributed by atoms with Crippen LogP contribution in [0.15, 0.2) is 75.0 Å². The number of hydrogen-bond acceptors (Lipinski definition) is 7. The Morgan fingerprint density at radius 3 is 2.38 bits per heavy atom. The van der Waals surface area contributed by atoms with Gasteiger partial charge in [-0.15, -0.1) is 0 Å². The number of esters is 1. The van der Waals surface area contributed by atoms with Crippen LogP contribution in [0.2, 0.25) is 5.02 Å². The molecule has 1 aliphatic heterocycles. The first-order valence-electron chi connectivity index (χ1n) is 12.2. The average molecular weight is 630 g/mol. The third kappa shape index (κ3) is 7.23. The minimum Gasteiger partial charge on any atom is -0.490 e. The first-order valence-corrected chi connectivity index (χ1v) is 14.1. The minimum atomic E-state index is -0.386. The van der Waals surface area contributed by atoms with Gasteiger partial charge in [0.15, 0.2) is 16.7 Å². The van der Waals surface area contributed by atoms with Crippen LogP contribution in [0.25, 0.3) is 6.08 Å². The van der Waals surface area contributed by atoms with E-state index in [4.69, 9.17) is 25.8 Å². The predicted octanol–water partition coefficient (Wildman–Crippen LogP) is 7.49. The van der Waals surface area contributed by atoms with Crippen LogP contribution in [0.5, 0.6) is 11.5 Å². The third-order valence-corrected chi connectivity index (χ3v) is 7.56. The molecule has 202 valence electrons. The highest BCUT2D eigenvalue weighted by Crippen LogP contribution is 2.39. The van der Waals surface area contributed by atoms with Gasteiger partial charge in [0, 0.05) is 16.5 Å². The number of aliphatic imine (C=N–C) groups is 1. The molecule has 0 radical (unpaired) electrons. The van der Waals surface area contributed by atoms with Crippen molar-refractivity contribution in [2.24, 2.45) is 4.99 Å². The molecule has 4 rings (SSSR count). The molecule has 0 aliphatic carbocycles. The van der Waals surface area contributed by atoms with E-state index < -0.39 is 0 Å². The molecule has 1 amide bonds. The van der Waals surface area contributed by atoms with Crippen molar-refractivity contribution in [3.05, 3.63) is 91.8 Å². The van der Waals surface area contributed by atoms with Crippen molar-refractivity contribution in [3.8, 4) is 11.5 Å². The van der Waals surface area contributed by atoms with Gasteiger partial charge in [0.05, 0.1) is 29.4 Å². The number of rotatable bonds is 9. The number of likely N-dealkylation sites (N-methyl/N-ethyl adjacent to an activating group) is 1. The van der Waals surface area contributed by atoms with E-state index in [0.29, 0.717) is 57.7 Å². The molecule has 0 atom stereocenters. The summed E-state index contributed by atoms with van der Waals surface area (Å²) < 4.78 is 17.6. The van der Waals surface area contributed by atoms with E-state index in [1.807, 2.05) is 43.3 Å². The highest BCUT2D eigenvalue weighted by atomic mass is 79.9. The normalized spacial score (nSPS) is 15.2. The molecule has 0 saturated carbocycles. The maximum atomic E-state index is 13.0. The molecule has 3 aromatic rings. The van der Waals surface area contributed by atoms with Crippen molar-refractivity contribution < 1.29 is 23.8 Å². The highest BCUT2D eigenvalue weighted by molar-refractivity contribution is 9.10. The number of amides is 1. The molecule has 39 heavy (non-hydrogen) atoms. The van der Waals surface area contributed by atoms with Gasteiger partial charge in [-0.1, -0.05) is 39.7 Å². The highest BCUT2D eigenvalue weighted by Gasteiger charge is 2.30. The van der Waals surface area contributed by atoms with Gasteiger partial charge in [-0.2, -0.15) is 0 Å². The quantitative estimate of drug-likeness (QED) is 0.180. The second kappa shape index (κ2) is 13.2. The summed E-state index contributed by atoms with van der Waals surface area (Å²) in [6.45, 7) is 4.77. The summed E-state index contributed by atoms with van der Waals surface area (Å²) >= 11 is 10.9. The Morgan fingerprint density at radius 1 is 1.03 bits per heavy atom. The van der Waals surface area contributed by atoms with Gasteiger partial charge < -0.3 is 14.2 Å². The molecule has 0 aromatic heterocycles. The van der Waals surface area contributed by atoms with Crippen LogP contribution in [0.4, 0.5) is 5.69 Å². The van der Waals surface area contributed by atoms with E-state index in [1.165, 1.54) is 16.7 Å².